The number of hydrogen-bond donors (Lipinski definition) is 3. The molecule has 0 aliphatic carbocycles. The highest BCUT2D eigenvalue weighted by Gasteiger charge is 2.17. The quantitative estimate of drug-likeness (QED) is 0.471. The lowest BCUT2D eigenvalue weighted by molar-refractivity contribution is 0.0624. The predicted molar refractivity (Wildman–Crippen MR) is 133 cm³/mol. The minimum atomic E-state index is -0.541. The first kappa shape index (κ1) is 28.6. The van der Waals surface area contributed by atoms with Crippen LogP contribution in [0.5, 0.6) is 0 Å². The van der Waals surface area contributed by atoms with Gasteiger partial charge in [0, 0.05) is 16.9 Å². The predicted octanol–water partition coefficient (Wildman–Crippen LogP) is 5.99. The number of nitrogens with one attached hydrogen (secondary N) is 2. The third kappa shape index (κ3) is 11.0. The number of anilines is 2. The van der Waals surface area contributed by atoms with Crippen molar-refractivity contribution in [2.45, 2.75) is 73.2 Å². The van der Waals surface area contributed by atoms with Gasteiger partial charge in [0.15, 0.2) is 0 Å². The monoisotopic (exact) mass is 472 g/mol. The average molecular weight is 473 g/mol. The van der Waals surface area contributed by atoms with Crippen molar-refractivity contribution < 1.29 is 29.0 Å². The number of rotatable bonds is 4. The molecule has 0 radical (unpaired) electrons. The Hall–Kier alpha value is -3.39. The lowest BCUT2D eigenvalue weighted by atomic mass is 10.1. The molecule has 0 aromatic heterocycles. The molecule has 0 aliphatic heterocycles. The van der Waals surface area contributed by atoms with Gasteiger partial charge in [0.2, 0.25) is 0 Å². The Balaban J connectivity index is 0.000000340. The Morgan fingerprint density at radius 2 is 1.26 bits per heavy atom. The summed E-state index contributed by atoms with van der Waals surface area (Å²) < 4.78 is 10.3. The summed E-state index contributed by atoms with van der Waals surface area (Å²) >= 11 is 0. The number of amides is 2. The van der Waals surface area contributed by atoms with Crippen LogP contribution in [0.3, 0.4) is 0 Å². The molecule has 0 saturated heterocycles. The third-order valence-corrected chi connectivity index (χ3v) is 4.15. The third-order valence-electron chi connectivity index (χ3n) is 4.15. The van der Waals surface area contributed by atoms with Crippen molar-refractivity contribution in [2.75, 3.05) is 10.6 Å². The normalized spacial score (nSPS) is 11.0. The van der Waals surface area contributed by atoms with Crippen LogP contribution in [0.4, 0.5) is 21.0 Å². The summed E-state index contributed by atoms with van der Waals surface area (Å²) in [5, 5.41) is 14.3. The first-order chi connectivity index (χ1) is 15.6. The van der Waals surface area contributed by atoms with Gasteiger partial charge in [0.05, 0.1) is 6.61 Å². The molecule has 2 amide bonds. The highest BCUT2D eigenvalue weighted by atomic mass is 16.6. The number of ether oxygens (including phenoxy) is 2. The fourth-order valence-electron chi connectivity index (χ4n) is 2.58. The number of aldehydes is 1. The minimum absolute atomic E-state index is 0.0523. The zero-order valence-corrected chi connectivity index (χ0v) is 21.2. The van der Waals surface area contributed by atoms with Gasteiger partial charge < -0.3 is 14.6 Å². The van der Waals surface area contributed by atoms with Gasteiger partial charge in [-0.3, -0.25) is 15.4 Å². The molecule has 8 heteroatoms. The molecule has 0 fully saturated rings. The summed E-state index contributed by atoms with van der Waals surface area (Å²) in [6.45, 7) is 14.5. The molecule has 0 aliphatic rings. The van der Waals surface area contributed by atoms with Crippen molar-refractivity contribution in [3.05, 3.63) is 58.7 Å². The maximum absolute atomic E-state index is 11.6. The van der Waals surface area contributed by atoms with Gasteiger partial charge in [-0.25, -0.2) is 9.59 Å². The van der Waals surface area contributed by atoms with Crippen molar-refractivity contribution in [2.24, 2.45) is 0 Å². The molecule has 0 saturated carbocycles. The van der Waals surface area contributed by atoms with E-state index >= 15 is 0 Å². The highest BCUT2D eigenvalue weighted by molar-refractivity contribution is 5.88. The first-order valence-corrected chi connectivity index (χ1v) is 10.9. The molecular formula is C26H36N2O6. The summed E-state index contributed by atoms with van der Waals surface area (Å²) in [6, 6.07) is 10.5. The van der Waals surface area contributed by atoms with E-state index in [0.29, 0.717) is 16.9 Å². The van der Waals surface area contributed by atoms with Crippen molar-refractivity contribution in [3.8, 4) is 0 Å². The molecule has 186 valence electrons. The number of carbonyl (C=O) groups is 3. The van der Waals surface area contributed by atoms with Gasteiger partial charge in [-0.2, -0.15) is 0 Å². The molecule has 0 unspecified atom stereocenters. The second kappa shape index (κ2) is 12.2. The standard InChI is InChI=1S/C13H19NO3.C13H17NO3/c2*1-9-5-6-10(8-15)7-11(9)14-12(16)17-13(2,3)4/h5-7,15H,8H2,1-4H3,(H,14,16);5-8H,1-4H3,(H,14,16). The zero-order chi connectivity index (χ0) is 26.1. The largest absolute Gasteiger partial charge is 0.444 e. The van der Waals surface area contributed by atoms with Crippen LogP contribution >= 0.6 is 0 Å². The van der Waals surface area contributed by atoms with Gasteiger partial charge in [0.25, 0.3) is 0 Å². The molecule has 2 aromatic carbocycles. The molecule has 0 heterocycles. The lowest BCUT2D eigenvalue weighted by Crippen LogP contribution is -2.27. The molecule has 0 bridgehead atoms. The fraction of sp³-hybridized carbons (Fsp3) is 0.423. The average Bonchev–Trinajstić information content (AvgIpc) is 2.69. The van der Waals surface area contributed by atoms with Crippen molar-refractivity contribution in [3.63, 3.8) is 0 Å². The van der Waals surface area contributed by atoms with Crippen LogP contribution in [-0.2, 0) is 16.1 Å². The van der Waals surface area contributed by atoms with Crippen LogP contribution in [0.15, 0.2) is 36.4 Å². The van der Waals surface area contributed by atoms with Crippen LogP contribution in [0.2, 0.25) is 0 Å². The van der Waals surface area contributed by atoms with Crippen LogP contribution in [0.1, 0.15) is 68.6 Å². The fourth-order valence-corrected chi connectivity index (χ4v) is 2.58. The van der Waals surface area contributed by atoms with E-state index in [1.807, 2.05) is 46.8 Å². The van der Waals surface area contributed by atoms with Crippen molar-refractivity contribution in [1.82, 2.24) is 0 Å². The maximum atomic E-state index is 11.6. The summed E-state index contributed by atoms with van der Waals surface area (Å²) in [4.78, 5) is 33.8. The number of aliphatic hydroxyl groups excluding tert-OH is 1. The SMILES string of the molecule is Cc1ccc(C=O)cc1NC(=O)OC(C)(C)C.Cc1ccc(CO)cc1NC(=O)OC(C)(C)C. The Bertz CT molecular complexity index is 1000. The highest BCUT2D eigenvalue weighted by Crippen LogP contribution is 2.19. The Labute approximate surface area is 201 Å². The van der Waals surface area contributed by atoms with Crippen molar-refractivity contribution >= 4 is 29.8 Å². The van der Waals surface area contributed by atoms with Gasteiger partial charge in [-0.05, 0) is 84.2 Å². The number of aliphatic hydroxyl groups is 1. The van der Waals surface area contributed by atoms with Crippen LogP contribution in [0, 0.1) is 13.8 Å². The Kier molecular flexibility index (Phi) is 10.3. The van der Waals surface area contributed by atoms with E-state index in [9.17, 15) is 14.4 Å². The topological polar surface area (TPSA) is 114 Å². The number of hydrogen-bond acceptors (Lipinski definition) is 6. The minimum Gasteiger partial charge on any atom is -0.444 e. The second-order valence-corrected chi connectivity index (χ2v) is 9.75. The molecule has 34 heavy (non-hydrogen) atoms. The van der Waals surface area contributed by atoms with E-state index in [1.54, 1.807) is 45.0 Å². The summed E-state index contributed by atoms with van der Waals surface area (Å²) in [6.07, 6.45) is -0.279. The Morgan fingerprint density at radius 3 is 1.68 bits per heavy atom. The smallest absolute Gasteiger partial charge is 0.412 e. The van der Waals surface area contributed by atoms with Gasteiger partial charge in [0.1, 0.15) is 17.5 Å². The van der Waals surface area contributed by atoms with E-state index in [2.05, 4.69) is 10.6 Å². The lowest BCUT2D eigenvalue weighted by Gasteiger charge is -2.20. The molecule has 3 N–H and O–H groups in total. The van der Waals surface area contributed by atoms with Gasteiger partial charge in [-0.1, -0.05) is 24.3 Å². The van der Waals surface area contributed by atoms with Crippen LogP contribution in [-0.4, -0.2) is 34.8 Å². The molecule has 8 nitrogen and oxygen atoms in total. The molecule has 0 atom stereocenters. The molecule has 2 aromatic rings. The second-order valence-electron chi connectivity index (χ2n) is 9.75. The summed E-state index contributed by atoms with van der Waals surface area (Å²) in [5.41, 5.74) is 3.25. The first-order valence-electron chi connectivity index (χ1n) is 10.9. The van der Waals surface area contributed by atoms with Crippen LogP contribution in [0.25, 0.3) is 0 Å². The van der Waals surface area contributed by atoms with E-state index < -0.39 is 23.4 Å². The Morgan fingerprint density at radius 1 is 0.824 bits per heavy atom. The molecule has 2 rings (SSSR count). The van der Waals surface area contributed by atoms with Gasteiger partial charge in [-0.15, -0.1) is 0 Å². The zero-order valence-electron chi connectivity index (χ0n) is 21.2. The van der Waals surface area contributed by atoms with Gasteiger partial charge >= 0.3 is 12.2 Å². The van der Waals surface area contributed by atoms with E-state index in [4.69, 9.17) is 14.6 Å². The van der Waals surface area contributed by atoms with E-state index in [-0.39, 0.29) is 6.61 Å². The summed E-state index contributed by atoms with van der Waals surface area (Å²) in [5.74, 6) is 0. The van der Waals surface area contributed by atoms with E-state index in [1.165, 1.54) is 0 Å². The molecular weight excluding hydrogens is 436 g/mol. The number of carbonyl (C=O) groups excluding carboxylic acids is 3. The molecule has 0 spiro atoms. The van der Waals surface area contributed by atoms with Crippen molar-refractivity contribution in [1.29, 1.82) is 0 Å². The van der Waals surface area contributed by atoms with Crippen LogP contribution < -0.4 is 10.6 Å². The summed E-state index contributed by atoms with van der Waals surface area (Å²) in [7, 11) is 0. The van der Waals surface area contributed by atoms with E-state index in [0.717, 1.165) is 23.0 Å². The number of aryl methyl sites for hydroxylation is 2. The number of benzene rings is 2. The maximum Gasteiger partial charge on any atom is 0.412 e.